The number of nitrogens with zero attached hydrogens (tertiary/aromatic N) is 2. The molecule has 3 heterocycles. The van der Waals surface area contributed by atoms with Gasteiger partial charge in [-0.1, -0.05) is 47.7 Å². The molecule has 0 saturated heterocycles. The molecule has 1 aliphatic heterocycles. The van der Waals surface area contributed by atoms with Gasteiger partial charge in [0.1, 0.15) is 23.3 Å². The molecular formula is C30H26N2O7S. The molecule has 0 saturated carbocycles. The first-order valence-electron chi connectivity index (χ1n) is 12.7. The predicted octanol–water partition coefficient (Wildman–Crippen LogP) is 4.16. The van der Waals surface area contributed by atoms with Gasteiger partial charge in [-0.15, -0.1) is 0 Å². The van der Waals surface area contributed by atoms with Crippen molar-refractivity contribution in [1.82, 2.24) is 4.57 Å². The Morgan fingerprint density at radius 2 is 1.82 bits per heavy atom. The minimum absolute atomic E-state index is 0.109. The Hall–Kier alpha value is -4.70. The Bertz CT molecular complexity index is 1830. The molecular weight excluding hydrogens is 532 g/mol. The number of carbonyl (C=O) groups excluding carboxylic acids is 1. The van der Waals surface area contributed by atoms with E-state index in [2.05, 4.69) is 4.99 Å². The van der Waals surface area contributed by atoms with E-state index in [0.717, 1.165) is 0 Å². The lowest BCUT2D eigenvalue weighted by atomic mass is 9.95. The summed E-state index contributed by atoms with van der Waals surface area (Å²) in [5.74, 6) is -0.341. The summed E-state index contributed by atoms with van der Waals surface area (Å²) in [5.41, 5.74) is 1.53. The van der Waals surface area contributed by atoms with E-state index in [1.807, 2.05) is 25.1 Å². The second kappa shape index (κ2) is 11.2. The van der Waals surface area contributed by atoms with Gasteiger partial charge >= 0.3 is 11.9 Å². The van der Waals surface area contributed by atoms with E-state index >= 15 is 0 Å². The van der Waals surface area contributed by atoms with E-state index in [4.69, 9.17) is 13.9 Å². The number of para-hydroxylation sites is 1. The third-order valence-corrected chi connectivity index (χ3v) is 7.34. The van der Waals surface area contributed by atoms with Gasteiger partial charge in [-0.3, -0.25) is 9.36 Å². The quantitative estimate of drug-likeness (QED) is 0.323. The number of hydrogen-bond donors (Lipinski definition) is 1. The lowest BCUT2D eigenvalue weighted by Crippen LogP contribution is -2.40. The molecule has 0 bridgehead atoms. The fourth-order valence-electron chi connectivity index (χ4n) is 4.67. The first kappa shape index (κ1) is 26.9. The summed E-state index contributed by atoms with van der Waals surface area (Å²) in [6, 6.07) is 16.3. The van der Waals surface area contributed by atoms with Gasteiger partial charge in [0, 0.05) is 17.2 Å². The number of rotatable bonds is 8. The highest BCUT2D eigenvalue weighted by Crippen LogP contribution is 2.36. The highest BCUT2D eigenvalue weighted by atomic mass is 32.1. The SMILES string of the molecule is CCOC(=O)C1=C(C)N=c2s/c(=C\c3ccc(-c4ccccc4C(=O)O)o3)c(=O)n2[C@@H]1c1ccccc1OCC. The van der Waals surface area contributed by atoms with E-state index in [1.165, 1.54) is 22.0 Å². The highest BCUT2D eigenvalue weighted by molar-refractivity contribution is 7.07. The van der Waals surface area contributed by atoms with Crippen LogP contribution in [0.4, 0.5) is 0 Å². The predicted molar refractivity (Wildman–Crippen MR) is 149 cm³/mol. The van der Waals surface area contributed by atoms with Crippen LogP contribution >= 0.6 is 11.3 Å². The fraction of sp³-hybridized carbons (Fsp3) is 0.200. The number of aromatic nitrogens is 1. The van der Waals surface area contributed by atoms with Crippen molar-refractivity contribution in [1.29, 1.82) is 0 Å². The fourth-order valence-corrected chi connectivity index (χ4v) is 5.69. The normalized spacial score (nSPS) is 15.0. The van der Waals surface area contributed by atoms with Crippen molar-refractivity contribution in [2.45, 2.75) is 26.8 Å². The van der Waals surface area contributed by atoms with Gasteiger partial charge < -0.3 is 19.0 Å². The largest absolute Gasteiger partial charge is 0.494 e. The molecule has 2 aromatic carbocycles. The summed E-state index contributed by atoms with van der Waals surface area (Å²) in [6.45, 7) is 5.88. The number of thiazole rings is 1. The molecule has 2 aromatic heterocycles. The number of fused-ring (bicyclic) bond motifs is 1. The molecule has 5 rings (SSSR count). The number of allylic oxidation sites excluding steroid dienone is 1. The summed E-state index contributed by atoms with van der Waals surface area (Å²) in [6.07, 6.45) is 1.59. The lowest BCUT2D eigenvalue weighted by molar-refractivity contribution is -0.139. The number of aromatic carboxylic acids is 1. The minimum Gasteiger partial charge on any atom is -0.494 e. The van der Waals surface area contributed by atoms with E-state index in [9.17, 15) is 19.5 Å². The second-order valence-electron chi connectivity index (χ2n) is 8.83. The Kier molecular flexibility index (Phi) is 7.52. The average molecular weight is 559 g/mol. The van der Waals surface area contributed by atoms with E-state index in [-0.39, 0.29) is 23.3 Å². The van der Waals surface area contributed by atoms with Crippen molar-refractivity contribution < 1.29 is 28.6 Å². The molecule has 0 amide bonds. The van der Waals surface area contributed by atoms with Crippen LogP contribution in [0.5, 0.6) is 5.75 Å². The maximum atomic E-state index is 13.9. The van der Waals surface area contributed by atoms with E-state index < -0.39 is 18.0 Å². The molecule has 0 unspecified atom stereocenters. The number of carboxylic acid groups (broad SMARTS) is 1. The van der Waals surface area contributed by atoms with E-state index in [0.29, 0.717) is 50.0 Å². The van der Waals surface area contributed by atoms with Crippen LogP contribution in [0, 0.1) is 0 Å². The number of hydrogen-bond acceptors (Lipinski definition) is 8. The molecule has 0 aliphatic carbocycles. The smallest absolute Gasteiger partial charge is 0.338 e. The number of benzene rings is 2. The monoisotopic (exact) mass is 558 g/mol. The summed E-state index contributed by atoms with van der Waals surface area (Å²) in [4.78, 5) is 43.7. The van der Waals surface area contributed by atoms with Crippen LogP contribution in [0.3, 0.4) is 0 Å². The number of ether oxygens (including phenoxy) is 2. The first-order valence-corrected chi connectivity index (χ1v) is 13.5. The number of furan rings is 1. The van der Waals surface area contributed by atoms with Gasteiger partial charge in [0.05, 0.1) is 34.6 Å². The van der Waals surface area contributed by atoms with Crippen LogP contribution in [-0.2, 0) is 9.53 Å². The van der Waals surface area contributed by atoms with Crippen molar-refractivity contribution in [3.8, 4) is 17.1 Å². The van der Waals surface area contributed by atoms with Gasteiger partial charge in [-0.05, 0) is 45.0 Å². The van der Waals surface area contributed by atoms with Gasteiger partial charge in [-0.2, -0.15) is 0 Å². The zero-order valence-corrected chi connectivity index (χ0v) is 22.9. The minimum atomic E-state index is -1.07. The van der Waals surface area contributed by atoms with Crippen LogP contribution in [0.2, 0.25) is 0 Å². The summed E-state index contributed by atoms with van der Waals surface area (Å²) >= 11 is 1.17. The summed E-state index contributed by atoms with van der Waals surface area (Å²) in [7, 11) is 0. The van der Waals surface area contributed by atoms with Crippen LogP contribution in [0.15, 0.2) is 86.1 Å². The summed E-state index contributed by atoms with van der Waals surface area (Å²) < 4.78 is 19.0. The first-order chi connectivity index (χ1) is 19.3. The molecule has 0 fully saturated rings. The van der Waals surface area contributed by atoms with Crippen LogP contribution < -0.4 is 19.6 Å². The Balaban J connectivity index is 1.66. The highest BCUT2D eigenvalue weighted by Gasteiger charge is 2.35. The molecule has 40 heavy (non-hydrogen) atoms. The standard InChI is InChI=1S/C30H26N2O7S/c1-4-37-22-13-9-8-12-21(22)26-25(29(36)38-5-2)17(3)31-30-32(26)27(33)24(40-30)16-18-14-15-23(39-18)19-10-6-7-11-20(19)28(34)35/h6-16,26H,4-5H2,1-3H3,(H,34,35)/b24-16-/t26-/m1/s1. The van der Waals surface area contributed by atoms with Gasteiger partial charge in [-0.25, -0.2) is 14.6 Å². The Labute approximate surface area is 232 Å². The maximum Gasteiger partial charge on any atom is 0.338 e. The van der Waals surface area contributed by atoms with Crippen LogP contribution in [-0.4, -0.2) is 34.8 Å². The van der Waals surface area contributed by atoms with E-state index in [1.54, 1.807) is 56.3 Å². The van der Waals surface area contributed by atoms with Gasteiger partial charge in [0.2, 0.25) is 0 Å². The zero-order chi connectivity index (χ0) is 28.4. The molecule has 0 spiro atoms. The van der Waals surface area contributed by atoms with Crippen molar-refractivity contribution in [3.63, 3.8) is 0 Å². The topological polar surface area (TPSA) is 120 Å². The molecule has 204 valence electrons. The number of carboxylic acids is 1. The van der Waals surface area contributed by atoms with Crippen LogP contribution in [0.1, 0.15) is 48.5 Å². The molecule has 1 N–H and O–H groups in total. The molecule has 1 aliphatic rings. The van der Waals surface area contributed by atoms with Crippen molar-refractivity contribution in [3.05, 3.63) is 109 Å². The Morgan fingerprint density at radius 3 is 2.58 bits per heavy atom. The molecule has 0 radical (unpaired) electrons. The van der Waals surface area contributed by atoms with Crippen LogP contribution in [0.25, 0.3) is 17.4 Å². The van der Waals surface area contributed by atoms with Crippen molar-refractivity contribution in [2.24, 2.45) is 4.99 Å². The molecule has 10 heteroatoms. The average Bonchev–Trinajstić information content (AvgIpc) is 3.53. The summed E-state index contributed by atoms with van der Waals surface area (Å²) in [5, 5.41) is 9.54. The Morgan fingerprint density at radius 1 is 1.07 bits per heavy atom. The van der Waals surface area contributed by atoms with Crippen molar-refractivity contribution in [2.75, 3.05) is 13.2 Å². The second-order valence-corrected chi connectivity index (χ2v) is 9.83. The third-order valence-electron chi connectivity index (χ3n) is 6.35. The molecule has 9 nitrogen and oxygen atoms in total. The molecule has 1 atom stereocenters. The zero-order valence-electron chi connectivity index (χ0n) is 22.0. The maximum absolute atomic E-state index is 13.9. The lowest BCUT2D eigenvalue weighted by Gasteiger charge is -2.26. The third kappa shape index (κ3) is 4.89. The van der Waals surface area contributed by atoms with Crippen molar-refractivity contribution >= 4 is 29.4 Å². The molecule has 4 aromatic rings. The number of carbonyl (C=O) groups is 2. The van der Waals surface area contributed by atoms with Gasteiger partial charge in [0.15, 0.2) is 4.80 Å². The number of esters is 1. The van der Waals surface area contributed by atoms with Gasteiger partial charge in [0.25, 0.3) is 5.56 Å².